The Bertz CT molecular complexity index is 723. The van der Waals surface area contributed by atoms with Crippen LogP contribution < -0.4 is 4.74 Å². The number of aryl methyl sites for hydroxylation is 1. The van der Waals surface area contributed by atoms with Gasteiger partial charge in [-0.15, -0.1) is 0 Å². The van der Waals surface area contributed by atoms with Gasteiger partial charge in [0, 0.05) is 16.1 Å². The number of nitro groups is 1. The van der Waals surface area contributed by atoms with Crippen LogP contribution in [0, 0.1) is 28.4 Å². The van der Waals surface area contributed by atoms with Gasteiger partial charge in [-0.25, -0.2) is 0 Å². The summed E-state index contributed by atoms with van der Waals surface area (Å²) in [5, 5.41) is 19.6. The van der Waals surface area contributed by atoms with Crippen LogP contribution in [0.3, 0.4) is 0 Å². The summed E-state index contributed by atoms with van der Waals surface area (Å²) in [6, 6.07) is 11.6. The van der Waals surface area contributed by atoms with E-state index in [0.29, 0.717) is 27.1 Å². The zero-order valence-corrected chi connectivity index (χ0v) is 12.0. The second-order valence-electron chi connectivity index (χ2n) is 4.06. The van der Waals surface area contributed by atoms with Gasteiger partial charge < -0.3 is 4.74 Å². The predicted octanol–water partition coefficient (Wildman–Crippen LogP) is 4.33. The summed E-state index contributed by atoms with van der Waals surface area (Å²) in [5.41, 5.74) is 1.09. The minimum absolute atomic E-state index is 0.0540. The summed E-state index contributed by atoms with van der Waals surface area (Å²) < 4.78 is 6.25. The number of nitrogens with zero attached hydrogens (tertiary/aromatic N) is 2. The standard InChI is InChI=1S/C14H9BrN2O3/c1-9-6-11(4-5-14(9)17(18)19)20-12-3-2-10(8-16)13(15)7-12/h2-7H,1H3. The second kappa shape index (κ2) is 5.72. The molecule has 0 unspecified atom stereocenters. The lowest BCUT2D eigenvalue weighted by atomic mass is 10.2. The lowest BCUT2D eigenvalue weighted by molar-refractivity contribution is -0.385. The molecule has 0 atom stereocenters. The molecule has 0 aliphatic carbocycles. The molecule has 0 spiro atoms. The van der Waals surface area contributed by atoms with E-state index in [4.69, 9.17) is 10.00 Å². The van der Waals surface area contributed by atoms with Crippen molar-refractivity contribution < 1.29 is 9.66 Å². The maximum absolute atomic E-state index is 10.7. The van der Waals surface area contributed by atoms with E-state index < -0.39 is 4.92 Å². The average molecular weight is 333 g/mol. The summed E-state index contributed by atoms with van der Waals surface area (Å²) in [6.07, 6.45) is 0. The molecule has 0 aromatic heterocycles. The van der Waals surface area contributed by atoms with Gasteiger partial charge in [-0.2, -0.15) is 5.26 Å². The molecule has 2 rings (SSSR count). The maximum atomic E-state index is 10.7. The fraction of sp³-hybridized carbons (Fsp3) is 0.0714. The SMILES string of the molecule is Cc1cc(Oc2ccc(C#N)c(Br)c2)ccc1[N+](=O)[O-]. The van der Waals surface area contributed by atoms with E-state index in [9.17, 15) is 10.1 Å². The normalized spacial score (nSPS) is 9.85. The first-order valence-electron chi connectivity index (χ1n) is 5.64. The van der Waals surface area contributed by atoms with Gasteiger partial charge in [0.2, 0.25) is 0 Å². The van der Waals surface area contributed by atoms with Crippen LogP contribution in [-0.4, -0.2) is 4.92 Å². The molecule has 2 aromatic rings. The minimum atomic E-state index is -0.433. The highest BCUT2D eigenvalue weighted by molar-refractivity contribution is 9.10. The molecule has 0 fully saturated rings. The number of ether oxygens (including phenoxy) is 1. The monoisotopic (exact) mass is 332 g/mol. The molecular formula is C14H9BrN2O3. The van der Waals surface area contributed by atoms with Crippen molar-refractivity contribution in [1.82, 2.24) is 0 Å². The van der Waals surface area contributed by atoms with Crippen LogP contribution in [0.2, 0.25) is 0 Å². The smallest absolute Gasteiger partial charge is 0.272 e. The predicted molar refractivity (Wildman–Crippen MR) is 76.8 cm³/mol. The fourth-order valence-corrected chi connectivity index (χ4v) is 2.13. The first-order chi connectivity index (χ1) is 9.51. The third-order valence-electron chi connectivity index (χ3n) is 2.66. The molecule has 0 radical (unpaired) electrons. The average Bonchev–Trinajstić information content (AvgIpc) is 2.38. The molecule has 0 aliphatic rings. The molecule has 0 amide bonds. The zero-order chi connectivity index (χ0) is 14.7. The fourth-order valence-electron chi connectivity index (χ4n) is 1.68. The molecule has 5 nitrogen and oxygen atoms in total. The van der Waals surface area contributed by atoms with Crippen LogP contribution in [0.4, 0.5) is 5.69 Å². The van der Waals surface area contributed by atoms with E-state index in [1.54, 1.807) is 31.2 Å². The third-order valence-corrected chi connectivity index (χ3v) is 3.32. The van der Waals surface area contributed by atoms with E-state index >= 15 is 0 Å². The molecule has 100 valence electrons. The first-order valence-corrected chi connectivity index (χ1v) is 6.43. The first kappa shape index (κ1) is 14.0. The molecular weight excluding hydrogens is 324 g/mol. The molecule has 0 N–H and O–H groups in total. The third kappa shape index (κ3) is 2.95. The van der Waals surface area contributed by atoms with Gasteiger partial charge in [-0.1, -0.05) is 0 Å². The van der Waals surface area contributed by atoms with E-state index in [-0.39, 0.29) is 5.69 Å². The summed E-state index contributed by atoms with van der Waals surface area (Å²) in [6.45, 7) is 1.65. The number of hydrogen-bond donors (Lipinski definition) is 0. The summed E-state index contributed by atoms with van der Waals surface area (Å²) >= 11 is 3.27. The number of rotatable bonds is 3. The highest BCUT2D eigenvalue weighted by Crippen LogP contribution is 2.29. The molecule has 0 saturated carbocycles. The maximum Gasteiger partial charge on any atom is 0.272 e. The van der Waals surface area contributed by atoms with Crippen LogP contribution in [0.25, 0.3) is 0 Å². The van der Waals surface area contributed by atoms with Crippen LogP contribution in [0.5, 0.6) is 11.5 Å². The Morgan fingerprint density at radius 3 is 2.45 bits per heavy atom. The van der Waals surface area contributed by atoms with Crippen molar-refractivity contribution >= 4 is 21.6 Å². The van der Waals surface area contributed by atoms with Crippen molar-refractivity contribution in [3.05, 3.63) is 62.1 Å². The van der Waals surface area contributed by atoms with Crippen LogP contribution in [0.15, 0.2) is 40.9 Å². The molecule has 0 heterocycles. The van der Waals surface area contributed by atoms with E-state index in [2.05, 4.69) is 15.9 Å². The Kier molecular flexibility index (Phi) is 4.01. The number of hydrogen-bond acceptors (Lipinski definition) is 4. The molecule has 0 saturated heterocycles. The molecule has 0 bridgehead atoms. The van der Waals surface area contributed by atoms with Crippen molar-refractivity contribution in [2.24, 2.45) is 0 Å². The number of nitro benzene ring substituents is 1. The largest absolute Gasteiger partial charge is 0.457 e. The van der Waals surface area contributed by atoms with Crippen molar-refractivity contribution in [3.63, 3.8) is 0 Å². The van der Waals surface area contributed by atoms with Crippen molar-refractivity contribution in [3.8, 4) is 17.6 Å². The number of nitriles is 1. The van der Waals surface area contributed by atoms with Crippen LogP contribution >= 0.6 is 15.9 Å². The van der Waals surface area contributed by atoms with E-state index in [1.807, 2.05) is 6.07 Å². The Hall–Kier alpha value is -2.39. The lowest BCUT2D eigenvalue weighted by Crippen LogP contribution is -1.92. The Balaban J connectivity index is 2.27. The second-order valence-corrected chi connectivity index (χ2v) is 4.92. The summed E-state index contributed by atoms with van der Waals surface area (Å²) in [4.78, 5) is 10.3. The van der Waals surface area contributed by atoms with Crippen molar-refractivity contribution in [2.75, 3.05) is 0 Å². The van der Waals surface area contributed by atoms with Crippen LogP contribution in [-0.2, 0) is 0 Å². The molecule has 0 aliphatic heterocycles. The summed E-state index contributed by atoms with van der Waals surface area (Å²) in [7, 11) is 0. The Morgan fingerprint density at radius 1 is 1.25 bits per heavy atom. The number of halogens is 1. The highest BCUT2D eigenvalue weighted by Gasteiger charge is 2.11. The van der Waals surface area contributed by atoms with Gasteiger partial charge in [-0.05, 0) is 53.2 Å². The van der Waals surface area contributed by atoms with Gasteiger partial charge in [0.1, 0.15) is 17.6 Å². The Labute approximate surface area is 123 Å². The number of benzene rings is 2. The van der Waals surface area contributed by atoms with Crippen LogP contribution in [0.1, 0.15) is 11.1 Å². The lowest BCUT2D eigenvalue weighted by Gasteiger charge is -2.07. The van der Waals surface area contributed by atoms with Gasteiger partial charge in [-0.3, -0.25) is 10.1 Å². The topological polar surface area (TPSA) is 76.2 Å². The van der Waals surface area contributed by atoms with Gasteiger partial charge in [0.05, 0.1) is 10.5 Å². The Morgan fingerprint density at radius 2 is 1.90 bits per heavy atom. The van der Waals surface area contributed by atoms with Gasteiger partial charge in [0.15, 0.2) is 0 Å². The highest BCUT2D eigenvalue weighted by atomic mass is 79.9. The quantitative estimate of drug-likeness (QED) is 0.619. The molecule has 2 aromatic carbocycles. The van der Waals surface area contributed by atoms with Gasteiger partial charge >= 0.3 is 0 Å². The molecule has 6 heteroatoms. The van der Waals surface area contributed by atoms with Crippen molar-refractivity contribution in [1.29, 1.82) is 5.26 Å². The van der Waals surface area contributed by atoms with E-state index in [0.717, 1.165) is 0 Å². The van der Waals surface area contributed by atoms with Crippen molar-refractivity contribution in [2.45, 2.75) is 6.92 Å². The van der Waals surface area contributed by atoms with E-state index in [1.165, 1.54) is 12.1 Å². The van der Waals surface area contributed by atoms with Gasteiger partial charge in [0.25, 0.3) is 5.69 Å². The minimum Gasteiger partial charge on any atom is -0.457 e. The summed E-state index contributed by atoms with van der Waals surface area (Å²) in [5.74, 6) is 1.05. The zero-order valence-electron chi connectivity index (χ0n) is 10.5. The molecule has 20 heavy (non-hydrogen) atoms.